The first-order chi connectivity index (χ1) is 23.3. The van der Waals surface area contributed by atoms with Crippen molar-refractivity contribution in [1.29, 1.82) is 0 Å². The first-order valence-electron chi connectivity index (χ1n) is 15.9. The zero-order valence-electron chi connectivity index (χ0n) is 25.0. The molecule has 0 amide bonds. The standard InChI is InChI=1S/C42H23BO2S2/c1-5-13-34-26(9-1)30-21-24(17-19-36(30)44-34)28-23-29(25-18-20-37-31(22-25)27-10-2-6-14-35(27)45-37)42-40-41(28)46-38-15-7-3-11-32(38)43(40)33-12-4-8-16-39(33)47-42/h1-23H. The van der Waals surface area contributed by atoms with Gasteiger partial charge in [0.15, 0.2) is 0 Å². The molecule has 11 rings (SSSR count). The van der Waals surface area contributed by atoms with Crippen molar-refractivity contribution in [2.24, 2.45) is 0 Å². The van der Waals surface area contributed by atoms with Crippen LogP contribution < -0.4 is 16.4 Å². The van der Waals surface area contributed by atoms with E-state index in [2.05, 4.69) is 127 Å². The zero-order chi connectivity index (χ0) is 30.6. The Morgan fingerprint density at radius 2 is 0.851 bits per heavy atom. The summed E-state index contributed by atoms with van der Waals surface area (Å²) in [6.07, 6.45) is 0. The summed E-state index contributed by atoms with van der Waals surface area (Å²) < 4.78 is 12.5. The molecule has 0 atom stereocenters. The maximum absolute atomic E-state index is 6.25. The molecule has 2 aromatic heterocycles. The second kappa shape index (κ2) is 9.71. The monoisotopic (exact) mass is 634 g/mol. The molecule has 9 aromatic rings. The van der Waals surface area contributed by atoms with Crippen molar-refractivity contribution in [1.82, 2.24) is 0 Å². The van der Waals surface area contributed by atoms with Gasteiger partial charge in [0.2, 0.25) is 6.71 Å². The highest BCUT2D eigenvalue weighted by Gasteiger charge is 2.40. The highest BCUT2D eigenvalue weighted by molar-refractivity contribution is 8.01. The summed E-state index contributed by atoms with van der Waals surface area (Å²) in [6, 6.07) is 50.5. The lowest BCUT2D eigenvalue weighted by Gasteiger charge is -2.35. The summed E-state index contributed by atoms with van der Waals surface area (Å²) in [5.41, 5.74) is 12.8. The van der Waals surface area contributed by atoms with E-state index in [1.807, 2.05) is 35.7 Å². The molecule has 5 heteroatoms. The van der Waals surface area contributed by atoms with Crippen LogP contribution in [0.15, 0.2) is 168 Å². The van der Waals surface area contributed by atoms with E-state index in [1.165, 1.54) is 58.2 Å². The van der Waals surface area contributed by atoms with Gasteiger partial charge in [0.1, 0.15) is 22.3 Å². The van der Waals surface area contributed by atoms with Crippen LogP contribution in [0.4, 0.5) is 0 Å². The summed E-state index contributed by atoms with van der Waals surface area (Å²) in [5.74, 6) is 0. The van der Waals surface area contributed by atoms with Gasteiger partial charge in [-0.3, -0.25) is 0 Å². The van der Waals surface area contributed by atoms with Crippen LogP contribution in [0.2, 0.25) is 0 Å². The molecule has 0 aliphatic carbocycles. The number of furan rings is 2. The van der Waals surface area contributed by atoms with Crippen molar-refractivity contribution in [3.05, 3.63) is 140 Å². The minimum atomic E-state index is 0.158. The Morgan fingerprint density at radius 3 is 1.38 bits per heavy atom. The number of rotatable bonds is 2. The lowest BCUT2D eigenvalue weighted by molar-refractivity contribution is 0.668. The maximum atomic E-state index is 6.25. The van der Waals surface area contributed by atoms with Crippen molar-refractivity contribution >= 4 is 90.5 Å². The van der Waals surface area contributed by atoms with Gasteiger partial charge in [-0.1, -0.05) is 119 Å². The smallest absolute Gasteiger partial charge is 0.247 e. The maximum Gasteiger partial charge on any atom is 0.247 e. The lowest BCUT2D eigenvalue weighted by atomic mass is 9.36. The molecule has 2 aliphatic rings. The third kappa shape index (κ3) is 3.73. The molecular formula is C42H23BO2S2. The van der Waals surface area contributed by atoms with Gasteiger partial charge in [0, 0.05) is 41.1 Å². The second-order valence-corrected chi connectivity index (χ2v) is 14.5. The molecule has 218 valence electrons. The average Bonchev–Trinajstić information content (AvgIpc) is 3.69. The third-order valence-corrected chi connectivity index (χ3v) is 12.3. The van der Waals surface area contributed by atoms with Gasteiger partial charge in [0.05, 0.1) is 0 Å². The Morgan fingerprint density at radius 1 is 0.404 bits per heavy atom. The lowest BCUT2D eigenvalue weighted by Crippen LogP contribution is -2.58. The molecule has 2 aliphatic heterocycles. The summed E-state index contributed by atoms with van der Waals surface area (Å²) in [6.45, 7) is 0.158. The highest BCUT2D eigenvalue weighted by atomic mass is 32.2. The van der Waals surface area contributed by atoms with Crippen LogP contribution >= 0.6 is 23.5 Å². The molecule has 0 unspecified atom stereocenters. The normalized spacial score (nSPS) is 13.3. The quantitative estimate of drug-likeness (QED) is 0.177. The van der Waals surface area contributed by atoms with Crippen LogP contribution in [0.25, 0.3) is 66.1 Å². The van der Waals surface area contributed by atoms with Crippen LogP contribution in [0.1, 0.15) is 0 Å². The van der Waals surface area contributed by atoms with Gasteiger partial charge in [-0.05, 0) is 82.3 Å². The predicted molar refractivity (Wildman–Crippen MR) is 198 cm³/mol. The van der Waals surface area contributed by atoms with Gasteiger partial charge in [-0.25, -0.2) is 0 Å². The summed E-state index contributed by atoms with van der Waals surface area (Å²) in [4.78, 5) is 5.34. The van der Waals surface area contributed by atoms with Gasteiger partial charge in [0.25, 0.3) is 0 Å². The van der Waals surface area contributed by atoms with Crippen molar-refractivity contribution in [3.63, 3.8) is 0 Å². The zero-order valence-corrected chi connectivity index (χ0v) is 26.6. The van der Waals surface area contributed by atoms with Crippen LogP contribution in [-0.4, -0.2) is 6.71 Å². The fourth-order valence-corrected chi connectivity index (χ4v) is 10.3. The molecule has 7 aromatic carbocycles. The van der Waals surface area contributed by atoms with Gasteiger partial charge >= 0.3 is 0 Å². The third-order valence-electron chi connectivity index (χ3n) is 9.82. The minimum absolute atomic E-state index is 0.158. The first kappa shape index (κ1) is 26.0. The minimum Gasteiger partial charge on any atom is -0.456 e. The van der Waals surface area contributed by atoms with Gasteiger partial charge < -0.3 is 8.83 Å². The molecule has 0 bridgehead atoms. The van der Waals surface area contributed by atoms with E-state index in [0.717, 1.165) is 43.9 Å². The summed E-state index contributed by atoms with van der Waals surface area (Å²) >= 11 is 3.83. The van der Waals surface area contributed by atoms with Crippen LogP contribution in [0.5, 0.6) is 0 Å². The first-order valence-corrected chi connectivity index (χ1v) is 17.5. The topological polar surface area (TPSA) is 26.3 Å². The summed E-state index contributed by atoms with van der Waals surface area (Å²) in [5, 5.41) is 4.59. The molecular weight excluding hydrogens is 611 g/mol. The van der Waals surface area contributed by atoms with E-state index in [-0.39, 0.29) is 6.71 Å². The van der Waals surface area contributed by atoms with E-state index < -0.39 is 0 Å². The molecule has 0 saturated heterocycles. The number of para-hydroxylation sites is 2. The van der Waals surface area contributed by atoms with Crippen LogP contribution in [-0.2, 0) is 0 Å². The van der Waals surface area contributed by atoms with Gasteiger partial charge in [-0.15, -0.1) is 0 Å². The largest absolute Gasteiger partial charge is 0.456 e. The number of fused-ring (bicyclic) bond motifs is 10. The Balaban J connectivity index is 1.24. The average molecular weight is 635 g/mol. The van der Waals surface area contributed by atoms with Gasteiger partial charge in [-0.2, -0.15) is 0 Å². The molecule has 0 spiro atoms. The molecule has 0 fully saturated rings. The molecule has 0 saturated carbocycles. The van der Waals surface area contributed by atoms with Crippen molar-refractivity contribution < 1.29 is 8.83 Å². The van der Waals surface area contributed by atoms with E-state index in [4.69, 9.17) is 8.83 Å². The van der Waals surface area contributed by atoms with E-state index >= 15 is 0 Å². The fourth-order valence-electron chi connectivity index (χ4n) is 7.69. The Labute approximate surface area is 279 Å². The number of hydrogen-bond acceptors (Lipinski definition) is 4. The molecule has 4 heterocycles. The fraction of sp³-hybridized carbons (Fsp3) is 0. The molecule has 47 heavy (non-hydrogen) atoms. The van der Waals surface area contributed by atoms with Crippen molar-refractivity contribution in [2.75, 3.05) is 0 Å². The SMILES string of the molecule is c1ccc2c(c1)Sc1c(-c3ccc4oc5ccccc5c4c3)cc(-c3ccc4oc5ccccc5c4c3)c3c1B2c1ccccc1S3. The van der Waals surface area contributed by atoms with E-state index in [1.54, 1.807) is 0 Å². The summed E-state index contributed by atoms with van der Waals surface area (Å²) in [7, 11) is 0. The van der Waals surface area contributed by atoms with Crippen LogP contribution in [0.3, 0.4) is 0 Å². The van der Waals surface area contributed by atoms with E-state index in [9.17, 15) is 0 Å². The predicted octanol–water partition coefficient (Wildman–Crippen LogP) is 10.3. The highest BCUT2D eigenvalue weighted by Crippen LogP contribution is 2.48. The van der Waals surface area contributed by atoms with Crippen LogP contribution in [0, 0.1) is 0 Å². The molecule has 2 nitrogen and oxygen atoms in total. The molecule has 0 N–H and O–H groups in total. The van der Waals surface area contributed by atoms with Crippen molar-refractivity contribution in [2.45, 2.75) is 19.6 Å². The Kier molecular flexibility index (Phi) is 5.38. The Hall–Kier alpha value is -5.10. The molecule has 0 radical (unpaired) electrons. The second-order valence-electron chi connectivity index (χ2n) is 12.4. The van der Waals surface area contributed by atoms with Crippen molar-refractivity contribution in [3.8, 4) is 22.3 Å². The Bertz CT molecular complexity index is 2590. The number of benzene rings is 7. The van der Waals surface area contributed by atoms with E-state index in [0.29, 0.717) is 0 Å². The number of hydrogen-bond donors (Lipinski definition) is 0.